The van der Waals surface area contributed by atoms with Gasteiger partial charge >= 0.3 is 0 Å². The van der Waals surface area contributed by atoms with Crippen molar-refractivity contribution in [1.29, 1.82) is 0 Å². The summed E-state index contributed by atoms with van der Waals surface area (Å²) in [6.45, 7) is 0. The molecule has 1 N–H and O–H groups in total. The molecule has 3 aromatic heterocycles. The number of rotatable bonds is 8. The van der Waals surface area contributed by atoms with E-state index in [0.29, 0.717) is 39.9 Å². The van der Waals surface area contributed by atoms with Crippen molar-refractivity contribution in [3.63, 3.8) is 0 Å². The van der Waals surface area contributed by atoms with Gasteiger partial charge in [-0.3, -0.25) is 10.1 Å². The van der Waals surface area contributed by atoms with E-state index in [9.17, 15) is 0 Å². The molecule has 0 spiro atoms. The molecule has 0 saturated carbocycles. The molecule has 0 unspecified atom stereocenters. The lowest BCUT2D eigenvalue weighted by molar-refractivity contribution is 0.378. The van der Waals surface area contributed by atoms with Crippen LogP contribution in [-0.4, -0.2) is 43.2 Å². The Balaban J connectivity index is 1.31. The molecule has 29 heavy (non-hydrogen) atoms. The molecule has 0 fully saturated rings. The van der Waals surface area contributed by atoms with E-state index < -0.39 is 0 Å². The predicted octanol–water partition coefficient (Wildman–Crippen LogP) is 4.30. The molecule has 0 aliphatic rings. The summed E-state index contributed by atoms with van der Waals surface area (Å²) >= 11 is 7.64. The third kappa shape index (κ3) is 4.75. The fourth-order valence-corrected chi connectivity index (χ4v) is 3.57. The first-order chi connectivity index (χ1) is 14.2. The minimum Gasteiger partial charge on any atom is -0.496 e. The lowest BCUT2D eigenvalue weighted by Gasteiger charge is -2.05. The first kappa shape index (κ1) is 19.4. The fourth-order valence-electron chi connectivity index (χ4n) is 2.66. The Kier molecular flexibility index (Phi) is 6.06. The second kappa shape index (κ2) is 9.06. The number of pyridine rings is 1. The summed E-state index contributed by atoms with van der Waals surface area (Å²) in [5, 5.41) is 12.5. The smallest absolute Gasteiger partial charge is 0.226 e. The summed E-state index contributed by atoms with van der Waals surface area (Å²) in [5.74, 6) is 3.30. The average Bonchev–Trinajstić information content (AvgIpc) is 3.42. The number of thioether (sulfide) groups is 1. The molecule has 3 heterocycles. The van der Waals surface area contributed by atoms with Crippen molar-refractivity contribution < 1.29 is 9.26 Å². The average molecular weight is 429 g/mol. The summed E-state index contributed by atoms with van der Waals surface area (Å²) in [4.78, 5) is 12.9. The second-order valence-corrected chi connectivity index (χ2v) is 7.51. The van der Waals surface area contributed by atoms with E-state index in [1.807, 2.05) is 12.1 Å². The first-order valence-corrected chi connectivity index (χ1v) is 10.2. The van der Waals surface area contributed by atoms with E-state index in [1.54, 1.807) is 49.5 Å². The van der Waals surface area contributed by atoms with Crippen molar-refractivity contribution in [3.05, 3.63) is 53.6 Å². The van der Waals surface area contributed by atoms with Crippen LogP contribution < -0.4 is 4.74 Å². The molecule has 0 amide bonds. The number of H-pyrrole nitrogens is 1. The zero-order valence-corrected chi connectivity index (χ0v) is 17.1. The lowest BCUT2D eigenvalue weighted by atomic mass is 10.2. The Morgan fingerprint density at radius 3 is 2.86 bits per heavy atom. The van der Waals surface area contributed by atoms with Gasteiger partial charge < -0.3 is 9.26 Å². The van der Waals surface area contributed by atoms with Crippen LogP contribution in [0, 0.1) is 0 Å². The highest BCUT2D eigenvalue weighted by atomic mass is 35.5. The lowest BCUT2D eigenvalue weighted by Crippen LogP contribution is -1.90. The number of aryl methyl sites for hydroxylation is 1. The number of aromatic nitrogens is 6. The van der Waals surface area contributed by atoms with Gasteiger partial charge in [0.1, 0.15) is 5.75 Å². The molecular weight excluding hydrogens is 412 g/mol. The number of nitrogens with zero attached hydrogens (tertiary/aromatic N) is 5. The van der Waals surface area contributed by atoms with Crippen molar-refractivity contribution >= 4 is 23.4 Å². The van der Waals surface area contributed by atoms with Crippen LogP contribution in [-0.2, 0) is 6.42 Å². The van der Waals surface area contributed by atoms with Gasteiger partial charge in [0.05, 0.1) is 12.7 Å². The minimum atomic E-state index is 0.573. The molecule has 0 bridgehead atoms. The maximum Gasteiger partial charge on any atom is 0.226 e. The zero-order chi connectivity index (χ0) is 20.1. The maximum absolute atomic E-state index is 6.09. The van der Waals surface area contributed by atoms with Gasteiger partial charge in [0, 0.05) is 35.2 Å². The largest absolute Gasteiger partial charge is 0.496 e. The molecule has 4 rings (SSSR count). The highest BCUT2D eigenvalue weighted by Crippen LogP contribution is 2.31. The van der Waals surface area contributed by atoms with Crippen molar-refractivity contribution in [1.82, 2.24) is 30.3 Å². The van der Waals surface area contributed by atoms with Crippen LogP contribution in [0.3, 0.4) is 0 Å². The standard InChI is InChI=1S/C19H17ClN6O2S/c1-27-15-5-4-13(20)11-14(15)18-23-19(25-24-18)29-10-2-3-16-22-17(26-28-16)12-6-8-21-9-7-12/h4-9,11H,2-3,10H2,1H3,(H,23,24,25). The molecule has 8 nitrogen and oxygen atoms in total. The highest BCUT2D eigenvalue weighted by Gasteiger charge is 2.13. The van der Waals surface area contributed by atoms with Crippen molar-refractivity contribution in [2.75, 3.05) is 12.9 Å². The summed E-state index contributed by atoms with van der Waals surface area (Å²) < 4.78 is 10.7. The van der Waals surface area contributed by atoms with Gasteiger partial charge in [-0.25, -0.2) is 4.98 Å². The molecule has 4 aromatic rings. The van der Waals surface area contributed by atoms with Gasteiger partial charge in [-0.05, 0) is 36.8 Å². The van der Waals surface area contributed by atoms with Crippen molar-refractivity contribution in [2.24, 2.45) is 0 Å². The number of ether oxygens (including phenoxy) is 1. The molecule has 0 saturated heterocycles. The molecular formula is C19H17ClN6O2S. The molecule has 148 valence electrons. The number of hydrogen-bond donors (Lipinski definition) is 1. The Hall–Kier alpha value is -2.91. The molecule has 0 aliphatic carbocycles. The van der Waals surface area contributed by atoms with E-state index in [0.717, 1.165) is 23.3 Å². The van der Waals surface area contributed by atoms with Crippen LogP contribution in [0.15, 0.2) is 52.4 Å². The van der Waals surface area contributed by atoms with Gasteiger partial charge in [0.2, 0.25) is 16.9 Å². The number of aromatic amines is 1. The SMILES string of the molecule is COc1ccc(Cl)cc1-c1nc(SCCCc2nc(-c3ccncc3)no2)n[nH]1. The van der Waals surface area contributed by atoms with Crippen LogP contribution in [0.25, 0.3) is 22.8 Å². The van der Waals surface area contributed by atoms with Crippen LogP contribution in [0.1, 0.15) is 12.3 Å². The molecule has 10 heteroatoms. The van der Waals surface area contributed by atoms with E-state index in [-0.39, 0.29) is 0 Å². The summed E-state index contributed by atoms with van der Waals surface area (Å²) in [5.41, 5.74) is 1.66. The Bertz CT molecular complexity index is 1090. The Morgan fingerprint density at radius 1 is 1.17 bits per heavy atom. The van der Waals surface area contributed by atoms with E-state index in [2.05, 4.69) is 30.3 Å². The minimum absolute atomic E-state index is 0.573. The third-order valence-electron chi connectivity index (χ3n) is 4.05. The zero-order valence-electron chi connectivity index (χ0n) is 15.5. The maximum atomic E-state index is 6.09. The number of hydrogen-bond acceptors (Lipinski definition) is 8. The number of halogens is 1. The van der Waals surface area contributed by atoms with Crippen LogP contribution >= 0.6 is 23.4 Å². The van der Waals surface area contributed by atoms with Crippen LogP contribution in [0.2, 0.25) is 5.02 Å². The highest BCUT2D eigenvalue weighted by molar-refractivity contribution is 7.99. The van der Waals surface area contributed by atoms with Gasteiger partial charge in [-0.15, -0.1) is 5.10 Å². The second-order valence-electron chi connectivity index (χ2n) is 6.01. The molecule has 0 atom stereocenters. The van der Waals surface area contributed by atoms with Gasteiger partial charge in [-0.1, -0.05) is 28.5 Å². The van der Waals surface area contributed by atoms with Gasteiger partial charge in [-0.2, -0.15) is 4.98 Å². The Labute approximate surface area is 176 Å². The van der Waals surface area contributed by atoms with Crippen LogP contribution in [0.5, 0.6) is 5.75 Å². The summed E-state index contributed by atoms with van der Waals surface area (Å²) in [6, 6.07) is 9.07. The topological polar surface area (TPSA) is 103 Å². The summed E-state index contributed by atoms with van der Waals surface area (Å²) in [7, 11) is 1.61. The van der Waals surface area contributed by atoms with Gasteiger partial charge in [0.25, 0.3) is 0 Å². The molecule has 0 aliphatic heterocycles. The van der Waals surface area contributed by atoms with Crippen LogP contribution in [0.4, 0.5) is 0 Å². The molecule has 0 radical (unpaired) electrons. The predicted molar refractivity (Wildman–Crippen MR) is 110 cm³/mol. The van der Waals surface area contributed by atoms with E-state index in [1.165, 1.54) is 0 Å². The number of benzene rings is 1. The van der Waals surface area contributed by atoms with Crippen molar-refractivity contribution in [2.45, 2.75) is 18.0 Å². The monoisotopic (exact) mass is 428 g/mol. The molecule has 1 aromatic carbocycles. The van der Waals surface area contributed by atoms with Gasteiger partial charge in [0.15, 0.2) is 5.82 Å². The Morgan fingerprint density at radius 2 is 2.03 bits per heavy atom. The number of nitrogens with one attached hydrogen (secondary N) is 1. The van der Waals surface area contributed by atoms with E-state index >= 15 is 0 Å². The number of methoxy groups -OCH3 is 1. The quantitative estimate of drug-likeness (QED) is 0.327. The summed E-state index contributed by atoms with van der Waals surface area (Å²) in [6.07, 6.45) is 4.94. The van der Waals surface area contributed by atoms with E-state index in [4.69, 9.17) is 20.9 Å². The first-order valence-electron chi connectivity index (χ1n) is 8.85. The van der Waals surface area contributed by atoms with Crippen molar-refractivity contribution in [3.8, 4) is 28.5 Å². The third-order valence-corrected chi connectivity index (χ3v) is 5.22. The normalized spacial score (nSPS) is 11.0. The fraction of sp³-hybridized carbons (Fsp3) is 0.211.